The number of nitrogens with one attached hydrogen (secondary N) is 1. The van der Waals surface area contributed by atoms with Crippen LogP contribution < -0.4 is 9.64 Å². The molecule has 0 radical (unpaired) electrons. The first-order valence-electron chi connectivity index (χ1n) is 8.83. The molecule has 1 saturated heterocycles. The molecule has 1 N–H and O–H groups in total. The third-order valence-corrected chi connectivity index (χ3v) is 6.58. The van der Waals surface area contributed by atoms with E-state index in [0.717, 1.165) is 0 Å². The second-order valence-corrected chi connectivity index (χ2v) is 8.37. The molecule has 0 atom stereocenters. The summed E-state index contributed by atoms with van der Waals surface area (Å²) in [4.78, 5) is 11.4. The van der Waals surface area contributed by atoms with Gasteiger partial charge in [-0.05, 0) is 24.3 Å². The van der Waals surface area contributed by atoms with Crippen LogP contribution in [-0.4, -0.2) is 57.0 Å². The molecule has 1 aliphatic heterocycles. The van der Waals surface area contributed by atoms with Gasteiger partial charge in [0.15, 0.2) is 11.6 Å². The summed E-state index contributed by atoms with van der Waals surface area (Å²) < 4.78 is 45.7. The number of nitrogens with zero attached hydrogens (tertiary/aromatic N) is 2. The van der Waals surface area contributed by atoms with Gasteiger partial charge in [-0.3, -0.25) is 10.1 Å². The molecule has 0 bridgehead atoms. The number of sulfonamides is 1. The Bertz CT molecular complexity index is 928. The lowest BCUT2D eigenvalue weighted by Gasteiger charge is -2.31. The lowest BCUT2D eigenvalue weighted by atomic mass is 10.3. The first kappa shape index (κ1) is 20.2. The standard InChI is InChI=1S/C18H20FN3O5S/c19-17-3-1-2-4-18(17)27-14-13-20-9-11-21(12-10-20)28(25,26)16-7-5-15(6-8-16)22(23)24/h1-8H,9-14H2/p+1. The van der Waals surface area contributed by atoms with Crippen LogP contribution in [0.5, 0.6) is 5.75 Å². The minimum atomic E-state index is -3.68. The van der Waals surface area contributed by atoms with Gasteiger partial charge in [0.1, 0.15) is 13.2 Å². The second kappa shape index (κ2) is 8.63. The molecule has 1 fully saturated rings. The Kier molecular flexibility index (Phi) is 6.22. The summed E-state index contributed by atoms with van der Waals surface area (Å²) in [6.07, 6.45) is 0. The molecule has 10 heteroatoms. The van der Waals surface area contributed by atoms with Crippen molar-refractivity contribution in [3.63, 3.8) is 0 Å². The van der Waals surface area contributed by atoms with Crippen LogP contribution in [0.2, 0.25) is 0 Å². The molecule has 0 saturated carbocycles. The largest absolute Gasteiger partial charge is 0.485 e. The molecule has 0 unspecified atom stereocenters. The molecule has 1 heterocycles. The number of quaternary nitrogens is 1. The number of ether oxygens (including phenoxy) is 1. The van der Waals surface area contributed by atoms with E-state index in [2.05, 4.69) is 0 Å². The van der Waals surface area contributed by atoms with E-state index in [1.807, 2.05) is 0 Å². The fraction of sp³-hybridized carbons (Fsp3) is 0.333. The van der Waals surface area contributed by atoms with Crippen LogP contribution in [-0.2, 0) is 10.0 Å². The van der Waals surface area contributed by atoms with Crippen molar-refractivity contribution in [2.45, 2.75) is 4.90 Å². The topological polar surface area (TPSA) is 94.2 Å². The molecule has 28 heavy (non-hydrogen) atoms. The molecule has 8 nitrogen and oxygen atoms in total. The Hall–Kier alpha value is -2.56. The highest BCUT2D eigenvalue weighted by atomic mass is 32.2. The Morgan fingerprint density at radius 3 is 2.36 bits per heavy atom. The van der Waals surface area contributed by atoms with Gasteiger partial charge in [0, 0.05) is 12.1 Å². The molecule has 0 aliphatic carbocycles. The molecule has 0 spiro atoms. The summed E-state index contributed by atoms with van der Waals surface area (Å²) >= 11 is 0. The van der Waals surface area contributed by atoms with Gasteiger partial charge in [-0.25, -0.2) is 12.8 Å². The van der Waals surface area contributed by atoms with Crippen LogP contribution in [0.25, 0.3) is 0 Å². The van der Waals surface area contributed by atoms with Crippen molar-refractivity contribution in [1.82, 2.24) is 4.31 Å². The summed E-state index contributed by atoms with van der Waals surface area (Å²) in [6.45, 7) is 2.87. The maximum Gasteiger partial charge on any atom is 0.269 e. The minimum Gasteiger partial charge on any atom is -0.485 e. The molecule has 3 rings (SSSR count). The lowest BCUT2D eigenvalue weighted by Crippen LogP contribution is -3.15. The molecular weight excluding hydrogens is 389 g/mol. The van der Waals surface area contributed by atoms with Crippen molar-refractivity contribution >= 4 is 15.7 Å². The number of hydrogen-bond acceptors (Lipinski definition) is 5. The van der Waals surface area contributed by atoms with Crippen LogP contribution in [0, 0.1) is 15.9 Å². The predicted octanol–water partition coefficient (Wildman–Crippen LogP) is 0.702. The summed E-state index contributed by atoms with van der Waals surface area (Å²) in [6, 6.07) is 11.1. The highest BCUT2D eigenvalue weighted by molar-refractivity contribution is 7.89. The maximum absolute atomic E-state index is 13.5. The van der Waals surface area contributed by atoms with E-state index < -0.39 is 20.8 Å². The van der Waals surface area contributed by atoms with E-state index in [-0.39, 0.29) is 16.3 Å². The number of halogens is 1. The van der Waals surface area contributed by atoms with Crippen LogP contribution in [0.3, 0.4) is 0 Å². The first-order chi connectivity index (χ1) is 13.4. The van der Waals surface area contributed by atoms with E-state index >= 15 is 0 Å². The number of benzene rings is 2. The third-order valence-electron chi connectivity index (χ3n) is 4.66. The van der Waals surface area contributed by atoms with Crippen molar-refractivity contribution in [2.75, 3.05) is 39.3 Å². The fourth-order valence-electron chi connectivity index (χ4n) is 3.05. The van der Waals surface area contributed by atoms with Crippen molar-refractivity contribution in [3.05, 3.63) is 64.5 Å². The fourth-order valence-corrected chi connectivity index (χ4v) is 4.49. The Morgan fingerprint density at radius 2 is 1.75 bits per heavy atom. The van der Waals surface area contributed by atoms with Crippen molar-refractivity contribution in [1.29, 1.82) is 0 Å². The zero-order valence-corrected chi connectivity index (χ0v) is 15.9. The van der Waals surface area contributed by atoms with Gasteiger partial charge >= 0.3 is 0 Å². The monoisotopic (exact) mass is 410 g/mol. The van der Waals surface area contributed by atoms with Gasteiger partial charge in [-0.1, -0.05) is 12.1 Å². The Labute approximate surface area is 162 Å². The van der Waals surface area contributed by atoms with Crippen molar-refractivity contribution < 1.29 is 27.4 Å². The van der Waals surface area contributed by atoms with E-state index in [1.165, 1.54) is 39.5 Å². The van der Waals surface area contributed by atoms with Crippen LogP contribution in [0.1, 0.15) is 0 Å². The molecule has 0 amide bonds. The zero-order chi connectivity index (χ0) is 20.1. The number of piperazine rings is 1. The van der Waals surface area contributed by atoms with Gasteiger partial charge in [-0.15, -0.1) is 0 Å². The molecule has 0 aromatic heterocycles. The Balaban J connectivity index is 1.51. The zero-order valence-electron chi connectivity index (χ0n) is 15.1. The summed E-state index contributed by atoms with van der Waals surface area (Å²) in [5.41, 5.74) is -0.150. The number of non-ortho nitro benzene ring substituents is 1. The molecular formula is C18H21FN3O5S+. The second-order valence-electron chi connectivity index (χ2n) is 6.43. The van der Waals surface area contributed by atoms with Gasteiger partial charge in [0.05, 0.1) is 36.0 Å². The summed E-state index contributed by atoms with van der Waals surface area (Å²) in [5.74, 6) is -0.196. The van der Waals surface area contributed by atoms with E-state index in [4.69, 9.17) is 4.74 Å². The molecule has 2 aromatic rings. The first-order valence-corrected chi connectivity index (χ1v) is 10.3. The molecule has 150 valence electrons. The van der Waals surface area contributed by atoms with Gasteiger partial charge < -0.3 is 9.64 Å². The average molecular weight is 410 g/mol. The van der Waals surface area contributed by atoms with Crippen LogP contribution in [0.15, 0.2) is 53.4 Å². The maximum atomic E-state index is 13.5. The van der Waals surface area contributed by atoms with Gasteiger partial charge in [0.2, 0.25) is 10.0 Å². The van der Waals surface area contributed by atoms with E-state index in [9.17, 15) is 22.9 Å². The average Bonchev–Trinajstić information content (AvgIpc) is 2.70. The summed E-state index contributed by atoms with van der Waals surface area (Å²) in [5, 5.41) is 10.7. The van der Waals surface area contributed by atoms with E-state index in [1.54, 1.807) is 18.2 Å². The summed E-state index contributed by atoms with van der Waals surface area (Å²) in [7, 11) is -3.68. The number of para-hydroxylation sites is 1. The van der Waals surface area contributed by atoms with E-state index in [0.29, 0.717) is 39.3 Å². The van der Waals surface area contributed by atoms with Crippen LogP contribution >= 0.6 is 0 Å². The minimum absolute atomic E-state index is 0.0458. The Morgan fingerprint density at radius 1 is 1.11 bits per heavy atom. The number of nitro groups is 1. The number of nitro benzene ring substituents is 1. The highest BCUT2D eigenvalue weighted by Gasteiger charge is 2.30. The number of hydrogen-bond donors (Lipinski definition) is 1. The predicted molar refractivity (Wildman–Crippen MR) is 99.3 cm³/mol. The van der Waals surface area contributed by atoms with Crippen LogP contribution in [0.4, 0.5) is 10.1 Å². The SMILES string of the molecule is O=[N+]([O-])c1ccc(S(=O)(=O)N2CC[NH+](CCOc3ccccc3F)CC2)cc1. The third kappa shape index (κ3) is 4.64. The number of rotatable bonds is 7. The van der Waals surface area contributed by atoms with Crippen molar-refractivity contribution in [3.8, 4) is 5.75 Å². The van der Waals surface area contributed by atoms with Gasteiger partial charge in [-0.2, -0.15) is 4.31 Å². The van der Waals surface area contributed by atoms with Gasteiger partial charge in [0.25, 0.3) is 5.69 Å². The quantitative estimate of drug-likeness (QED) is 0.536. The lowest BCUT2D eigenvalue weighted by molar-refractivity contribution is -0.903. The van der Waals surface area contributed by atoms with Crippen molar-refractivity contribution in [2.24, 2.45) is 0 Å². The normalized spacial score (nSPS) is 16.0. The smallest absolute Gasteiger partial charge is 0.269 e. The molecule has 2 aromatic carbocycles. The highest BCUT2D eigenvalue weighted by Crippen LogP contribution is 2.19. The molecule has 1 aliphatic rings.